The van der Waals surface area contributed by atoms with Gasteiger partial charge in [-0.05, 0) is 50.7 Å². The van der Waals surface area contributed by atoms with E-state index in [0.29, 0.717) is 6.04 Å². The molecule has 0 amide bonds. The van der Waals surface area contributed by atoms with E-state index >= 15 is 0 Å². The lowest BCUT2D eigenvalue weighted by atomic mass is 10.1. The molecule has 0 aromatic carbocycles. The Labute approximate surface area is 124 Å². The maximum Gasteiger partial charge on any atom is 0.0419 e. The van der Waals surface area contributed by atoms with Crippen LogP contribution in [0.3, 0.4) is 0 Å². The summed E-state index contributed by atoms with van der Waals surface area (Å²) in [6.45, 7) is 13.3. The molecule has 0 aliphatic carbocycles. The van der Waals surface area contributed by atoms with Crippen molar-refractivity contribution in [2.24, 2.45) is 0 Å². The fourth-order valence-electron chi connectivity index (χ4n) is 2.48. The molecule has 1 atom stereocenters. The first-order chi connectivity index (χ1) is 9.73. The molecule has 1 aromatic rings. The van der Waals surface area contributed by atoms with Gasteiger partial charge in [0, 0.05) is 24.4 Å². The highest BCUT2D eigenvalue weighted by molar-refractivity contribution is 5.14. The van der Waals surface area contributed by atoms with Crippen LogP contribution in [0.5, 0.6) is 0 Å². The van der Waals surface area contributed by atoms with Crippen molar-refractivity contribution < 1.29 is 0 Å². The van der Waals surface area contributed by atoms with Gasteiger partial charge in [-0.3, -0.25) is 4.98 Å². The van der Waals surface area contributed by atoms with Crippen molar-refractivity contribution >= 4 is 0 Å². The fraction of sp³-hybridized carbons (Fsp3) is 0.706. The van der Waals surface area contributed by atoms with Crippen LogP contribution in [0.15, 0.2) is 18.3 Å². The molecule has 1 N–H and O–H groups in total. The molecule has 0 saturated carbocycles. The topological polar surface area (TPSA) is 28.2 Å². The number of hydrogen-bond acceptors (Lipinski definition) is 3. The summed E-state index contributed by atoms with van der Waals surface area (Å²) in [6, 6.07) is 4.91. The van der Waals surface area contributed by atoms with Crippen LogP contribution in [0.2, 0.25) is 0 Å². The van der Waals surface area contributed by atoms with Crippen LogP contribution in [-0.4, -0.2) is 42.1 Å². The average molecular weight is 277 g/mol. The van der Waals surface area contributed by atoms with Gasteiger partial charge in [-0.2, -0.15) is 0 Å². The number of nitrogens with one attached hydrogen (secondary N) is 1. The van der Waals surface area contributed by atoms with Crippen molar-refractivity contribution in [3.63, 3.8) is 0 Å². The van der Waals surface area contributed by atoms with E-state index in [9.17, 15) is 0 Å². The Kier molecular flexibility index (Phi) is 8.47. The lowest BCUT2D eigenvalue weighted by Gasteiger charge is -2.23. The molecule has 3 heteroatoms. The third kappa shape index (κ3) is 6.02. The monoisotopic (exact) mass is 277 g/mol. The lowest BCUT2D eigenvalue weighted by Crippen LogP contribution is -2.36. The molecule has 1 unspecified atom stereocenters. The minimum atomic E-state index is 0.528. The Bertz CT molecular complexity index is 344. The zero-order valence-corrected chi connectivity index (χ0v) is 13.7. The molecule has 0 radical (unpaired) electrons. The maximum atomic E-state index is 4.59. The summed E-state index contributed by atoms with van der Waals surface area (Å²) in [5, 5.41) is 3.60. The normalized spacial score (nSPS) is 12.8. The molecule has 20 heavy (non-hydrogen) atoms. The van der Waals surface area contributed by atoms with Gasteiger partial charge in [0.1, 0.15) is 0 Å². The standard InChI is InChI=1S/C17H31N3/c1-5-15-9-10-16(19-14-15)13-17(18-6-2)11-12-20(7-3)8-4/h9-10,14,17-18H,5-8,11-13H2,1-4H3. The van der Waals surface area contributed by atoms with Crippen molar-refractivity contribution in [2.45, 2.75) is 53.0 Å². The Balaban J connectivity index is 2.52. The van der Waals surface area contributed by atoms with Crippen LogP contribution in [0.1, 0.15) is 45.4 Å². The second kappa shape index (κ2) is 9.89. The van der Waals surface area contributed by atoms with Gasteiger partial charge >= 0.3 is 0 Å². The first kappa shape index (κ1) is 17.1. The molecule has 3 nitrogen and oxygen atoms in total. The first-order valence-corrected chi connectivity index (χ1v) is 8.12. The quantitative estimate of drug-likeness (QED) is 0.713. The number of rotatable bonds is 10. The number of likely N-dealkylation sites (N-methyl/N-ethyl adjacent to an activating group) is 1. The molecule has 114 valence electrons. The Morgan fingerprint density at radius 2 is 1.90 bits per heavy atom. The summed E-state index contributed by atoms with van der Waals surface area (Å²) in [4.78, 5) is 7.07. The number of aryl methyl sites for hydroxylation is 1. The molecular weight excluding hydrogens is 246 g/mol. The third-order valence-electron chi connectivity index (χ3n) is 3.93. The number of hydrogen-bond donors (Lipinski definition) is 1. The van der Waals surface area contributed by atoms with E-state index in [4.69, 9.17) is 0 Å². The second-order valence-corrected chi connectivity index (χ2v) is 5.29. The van der Waals surface area contributed by atoms with Crippen LogP contribution in [0.4, 0.5) is 0 Å². The number of nitrogens with zero attached hydrogens (tertiary/aromatic N) is 2. The molecule has 0 fully saturated rings. The van der Waals surface area contributed by atoms with Gasteiger partial charge in [-0.15, -0.1) is 0 Å². The summed E-state index contributed by atoms with van der Waals surface area (Å²) in [5.74, 6) is 0. The summed E-state index contributed by atoms with van der Waals surface area (Å²) in [5.41, 5.74) is 2.52. The Hall–Kier alpha value is -0.930. The molecule has 1 rings (SSSR count). The van der Waals surface area contributed by atoms with Gasteiger partial charge < -0.3 is 10.2 Å². The molecule has 0 spiro atoms. The van der Waals surface area contributed by atoms with E-state index in [1.54, 1.807) is 0 Å². The predicted octanol–water partition coefficient (Wildman–Crippen LogP) is 2.90. The van der Waals surface area contributed by atoms with Crippen LogP contribution in [-0.2, 0) is 12.8 Å². The van der Waals surface area contributed by atoms with E-state index in [2.05, 4.69) is 55.0 Å². The van der Waals surface area contributed by atoms with E-state index in [1.807, 2.05) is 6.20 Å². The van der Waals surface area contributed by atoms with Gasteiger partial charge in [0.25, 0.3) is 0 Å². The molecular formula is C17H31N3. The van der Waals surface area contributed by atoms with Gasteiger partial charge in [-0.25, -0.2) is 0 Å². The summed E-state index contributed by atoms with van der Waals surface area (Å²) in [6.07, 6.45) is 5.29. The highest BCUT2D eigenvalue weighted by atomic mass is 15.1. The lowest BCUT2D eigenvalue weighted by molar-refractivity contribution is 0.280. The molecule has 0 saturated heterocycles. The minimum absolute atomic E-state index is 0.528. The minimum Gasteiger partial charge on any atom is -0.314 e. The molecule has 0 aliphatic heterocycles. The smallest absolute Gasteiger partial charge is 0.0419 e. The SMILES string of the molecule is CCNC(CCN(CC)CC)Cc1ccc(CC)cn1. The number of pyridine rings is 1. The second-order valence-electron chi connectivity index (χ2n) is 5.29. The van der Waals surface area contributed by atoms with Crippen molar-refractivity contribution in [3.05, 3.63) is 29.6 Å². The van der Waals surface area contributed by atoms with Crippen molar-refractivity contribution in [2.75, 3.05) is 26.2 Å². The Morgan fingerprint density at radius 1 is 1.15 bits per heavy atom. The third-order valence-corrected chi connectivity index (χ3v) is 3.93. The highest BCUT2D eigenvalue weighted by Gasteiger charge is 2.11. The summed E-state index contributed by atoms with van der Waals surface area (Å²) >= 11 is 0. The zero-order valence-electron chi connectivity index (χ0n) is 13.7. The maximum absolute atomic E-state index is 4.59. The van der Waals surface area contributed by atoms with E-state index in [1.165, 1.54) is 17.7 Å². The Morgan fingerprint density at radius 3 is 2.40 bits per heavy atom. The van der Waals surface area contributed by atoms with Gasteiger partial charge in [0.15, 0.2) is 0 Å². The van der Waals surface area contributed by atoms with Gasteiger partial charge in [0.05, 0.1) is 0 Å². The van der Waals surface area contributed by atoms with Crippen LogP contribution >= 0.6 is 0 Å². The fourth-order valence-corrected chi connectivity index (χ4v) is 2.48. The molecule has 0 aliphatic rings. The van der Waals surface area contributed by atoms with E-state index in [0.717, 1.165) is 39.0 Å². The van der Waals surface area contributed by atoms with E-state index < -0.39 is 0 Å². The average Bonchev–Trinajstić information content (AvgIpc) is 2.49. The predicted molar refractivity (Wildman–Crippen MR) is 87.2 cm³/mol. The molecule has 0 bridgehead atoms. The van der Waals surface area contributed by atoms with Crippen LogP contribution in [0.25, 0.3) is 0 Å². The summed E-state index contributed by atoms with van der Waals surface area (Å²) in [7, 11) is 0. The van der Waals surface area contributed by atoms with Crippen LogP contribution < -0.4 is 5.32 Å². The first-order valence-electron chi connectivity index (χ1n) is 8.12. The van der Waals surface area contributed by atoms with E-state index in [-0.39, 0.29) is 0 Å². The highest BCUT2D eigenvalue weighted by Crippen LogP contribution is 2.07. The summed E-state index contributed by atoms with van der Waals surface area (Å²) < 4.78 is 0. The van der Waals surface area contributed by atoms with Crippen LogP contribution in [0, 0.1) is 0 Å². The van der Waals surface area contributed by atoms with Crippen molar-refractivity contribution in [1.82, 2.24) is 15.2 Å². The number of aromatic nitrogens is 1. The van der Waals surface area contributed by atoms with Gasteiger partial charge in [-0.1, -0.05) is 33.8 Å². The van der Waals surface area contributed by atoms with Crippen molar-refractivity contribution in [1.29, 1.82) is 0 Å². The molecule has 1 heterocycles. The largest absolute Gasteiger partial charge is 0.314 e. The zero-order chi connectivity index (χ0) is 14.8. The molecule has 1 aromatic heterocycles. The van der Waals surface area contributed by atoms with Crippen molar-refractivity contribution in [3.8, 4) is 0 Å². The van der Waals surface area contributed by atoms with Gasteiger partial charge in [0.2, 0.25) is 0 Å².